The summed E-state index contributed by atoms with van der Waals surface area (Å²) in [5.41, 5.74) is 3.43. The summed E-state index contributed by atoms with van der Waals surface area (Å²) in [6.07, 6.45) is 14.6. The van der Waals surface area contributed by atoms with E-state index >= 15 is 0 Å². The van der Waals surface area contributed by atoms with Crippen LogP contribution in [0.4, 0.5) is 0 Å². The van der Waals surface area contributed by atoms with Gasteiger partial charge in [-0.25, -0.2) is 0 Å². The Morgan fingerprint density at radius 2 is 1.68 bits per heavy atom. The van der Waals surface area contributed by atoms with Crippen molar-refractivity contribution in [1.29, 1.82) is 0 Å². The highest BCUT2D eigenvalue weighted by Gasteiger charge is 2.40. The van der Waals surface area contributed by atoms with Gasteiger partial charge in [0.25, 0.3) is 0 Å². The van der Waals surface area contributed by atoms with Gasteiger partial charge in [-0.05, 0) is 33.4 Å². The number of hydrogen-bond acceptors (Lipinski definition) is 3. The molecule has 1 unspecified atom stereocenters. The SMILES string of the molecule is CCCCCCCC(NN)C1(N(C)C)CCCCC1. The maximum atomic E-state index is 5.89. The summed E-state index contributed by atoms with van der Waals surface area (Å²) in [4.78, 5) is 2.43. The van der Waals surface area contributed by atoms with Crippen LogP contribution in [0.5, 0.6) is 0 Å². The molecule has 0 bridgehead atoms. The molecule has 1 aliphatic carbocycles. The van der Waals surface area contributed by atoms with Gasteiger partial charge in [0, 0.05) is 11.6 Å². The minimum atomic E-state index is 0.289. The van der Waals surface area contributed by atoms with Gasteiger partial charge in [0.2, 0.25) is 0 Å². The van der Waals surface area contributed by atoms with Crippen LogP contribution >= 0.6 is 0 Å². The van der Waals surface area contributed by atoms with E-state index in [1.165, 1.54) is 70.6 Å². The van der Waals surface area contributed by atoms with Crippen molar-refractivity contribution in [1.82, 2.24) is 10.3 Å². The zero-order valence-electron chi connectivity index (χ0n) is 13.4. The lowest BCUT2D eigenvalue weighted by Gasteiger charge is -2.48. The summed E-state index contributed by atoms with van der Waals surface area (Å²) in [6, 6.07) is 0.449. The van der Waals surface area contributed by atoms with E-state index < -0.39 is 0 Å². The Kier molecular flexibility index (Phi) is 7.96. The Hall–Kier alpha value is -0.120. The number of unbranched alkanes of at least 4 members (excludes halogenated alkanes) is 4. The molecule has 3 heteroatoms. The second-order valence-electron chi connectivity index (χ2n) is 6.48. The first-order chi connectivity index (χ1) is 9.17. The fourth-order valence-corrected chi connectivity index (χ4v) is 3.73. The number of hydrogen-bond donors (Lipinski definition) is 2. The predicted molar refractivity (Wildman–Crippen MR) is 84.0 cm³/mol. The lowest BCUT2D eigenvalue weighted by molar-refractivity contribution is 0.0524. The van der Waals surface area contributed by atoms with Crippen molar-refractivity contribution in [3.05, 3.63) is 0 Å². The van der Waals surface area contributed by atoms with Gasteiger partial charge >= 0.3 is 0 Å². The van der Waals surface area contributed by atoms with Crippen molar-refractivity contribution in [2.45, 2.75) is 89.1 Å². The van der Waals surface area contributed by atoms with E-state index in [0.717, 1.165) is 0 Å². The summed E-state index contributed by atoms with van der Waals surface area (Å²) >= 11 is 0. The van der Waals surface area contributed by atoms with Crippen LogP contribution in [0.25, 0.3) is 0 Å². The van der Waals surface area contributed by atoms with Crippen LogP contribution in [0.2, 0.25) is 0 Å². The molecule has 0 aliphatic heterocycles. The summed E-state index contributed by atoms with van der Waals surface area (Å²) in [7, 11) is 4.46. The van der Waals surface area contributed by atoms with Gasteiger partial charge in [0.1, 0.15) is 0 Å². The molecule has 1 fully saturated rings. The van der Waals surface area contributed by atoms with E-state index in [1.807, 2.05) is 0 Å². The molecule has 1 aliphatic rings. The molecule has 1 saturated carbocycles. The fraction of sp³-hybridized carbons (Fsp3) is 1.00. The highest BCUT2D eigenvalue weighted by Crippen LogP contribution is 2.36. The van der Waals surface area contributed by atoms with Crippen molar-refractivity contribution in [2.24, 2.45) is 5.84 Å². The van der Waals surface area contributed by atoms with Gasteiger partial charge in [0.15, 0.2) is 0 Å². The van der Waals surface area contributed by atoms with E-state index in [9.17, 15) is 0 Å². The van der Waals surface area contributed by atoms with E-state index in [-0.39, 0.29) is 5.54 Å². The number of nitrogens with two attached hydrogens (primary N) is 1. The van der Waals surface area contributed by atoms with Crippen molar-refractivity contribution in [3.8, 4) is 0 Å². The summed E-state index contributed by atoms with van der Waals surface area (Å²) in [5.74, 6) is 5.89. The lowest BCUT2D eigenvalue weighted by atomic mass is 9.74. The molecule has 1 rings (SSSR count). The van der Waals surface area contributed by atoms with Crippen LogP contribution in [0.1, 0.15) is 77.6 Å². The molecule has 3 N–H and O–H groups in total. The molecule has 0 aromatic heterocycles. The predicted octanol–water partition coefficient (Wildman–Crippen LogP) is 3.44. The quantitative estimate of drug-likeness (QED) is 0.383. The molecular weight excluding hydrogens is 234 g/mol. The lowest BCUT2D eigenvalue weighted by Crippen LogP contribution is -2.61. The first-order valence-electron chi connectivity index (χ1n) is 8.31. The third-order valence-electron chi connectivity index (χ3n) is 5.06. The van der Waals surface area contributed by atoms with Gasteiger partial charge in [0.05, 0.1) is 0 Å². The van der Waals surface area contributed by atoms with Gasteiger partial charge in [-0.2, -0.15) is 0 Å². The first kappa shape index (κ1) is 16.9. The van der Waals surface area contributed by atoms with E-state index in [1.54, 1.807) is 0 Å². The number of likely N-dealkylation sites (N-methyl/N-ethyl adjacent to an activating group) is 1. The molecule has 1 atom stereocenters. The third kappa shape index (κ3) is 4.73. The molecule has 0 saturated heterocycles. The Morgan fingerprint density at radius 3 is 2.21 bits per heavy atom. The molecule has 0 amide bonds. The molecule has 0 aromatic carbocycles. The van der Waals surface area contributed by atoms with E-state index in [0.29, 0.717) is 6.04 Å². The maximum Gasteiger partial charge on any atom is 0.0394 e. The number of nitrogens with zero attached hydrogens (tertiary/aromatic N) is 1. The monoisotopic (exact) mass is 269 g/mol. The van der Waals surface area contributed by atoms with Crippen LogP contribution in [0, 0.1) is 0 Å². The van der Waals surface area contributed by atoms with Crippen LogP contribution in [-0.2, 0) is 0 Å². The Morgan fingerprint density at radius 1 is 1.05 bits per heavy atom. The van der Waals surface area contributed by atoms with Crippen molar-refractivity contribution >= 4 is 0 Å². The molecule has 0 heterocycles. The summed E-state index contributed by atoms with van der Waals surface area (Å²) < 4.78 is 0. The van der Waals surface area contributed by atoms with Crippen LogP contribution in [-0.4, -0.2) is 30.6 Å². The molecule has 19 heavy (non-hydrogen) atoms. The van der Waals surface area contributed by atoms with E-state index in [2.05, 4.69) is 31.3 Å². The first-order valence-corrected chi connectivity index (χ1v) is 8.31. The maximum absolute atomic E-state index is 5.89. The number of hydrazine groups is 1. The smallest absolute Gasteiger partial charge is 0.0394 e. The Bertz CT molecular complexity index is 222. The second kappa shape index (κ2) is 8.93. The highest BCUT2D eigenvalue weighted by molar-refractivity contribution is 4.99. The zero-order valence-corrected chi connectivity index (χ0v) is 13.4. The Balaban J connectivity index is 2.49. The van der Waals surface area contributed by atoms with Crippen LogP contribution in [0.15, 0.2) is 0 Å². The van der Waals surface area contributed by atoms with Crippen LogP contribution < -0.4 is 11.3 Å². The minimum absolute atomic E-state index is 0.289. The minimum Gasteiger partial charge on any atom is -0.302 e. The van der Waals surface area contributed by atoms with Gasteiger partial charge in [-0.3, -0.25) is 11.3 Å². The average Bonchev–Trinajstić information content (AvgIpc) is 2.43. The number of nitrogens with one attached hydrogen (secondary N) is 1. The van der Waals surface area contributed by atoms with Gasteiger partial charge in [-0.1, -0.05) is 58.3 Å². The van der Waals surface area contributed by atoms with E-state index in [4.69, 9.17) is 5.84 Å². The topological polar surface area (TPSA) is 41.3 Å². The molecule has 0 aromatic rings. The number of rotatable bonds is 9. The normalized spacial score (nSPS) is 20.7. The molecule has 114 valence electrons. The average molecular weight is 269 g/mol. The van der Waals surface area contributed by atoms with Crippen molar-refractivity contribution in [3.63, 3.8) is 0 Å². The standard InChI is InChI=1S/C16H35N3/c1-4-5-6-7-9-12-15(18-17)16(19(2)3)13-10-8-11-14-16/h15,18H,4-14,17H2,1-3H3. The molecule has 0 spiro atoms. The molecular formula is C16H35N3. The van der Waals surface area contributed by atoms with Gasteiger partial charge in [-0.15, -0.1) is 0 Å². The van der Waals surface area contributed by atoms with Gasteiger partial charge < -0.3 is 4.90 Å². The fourth-order valence-electron chi connectivity index (χ4n) is 3.73. The largest absolute Gasteiger partial charge is 0.302 e. The van der Waals surface area contributed by atoms with Crippen LogP contribution in [0.3, 0.4) is 0 Å². The van der Waals surface area contributed by atoms with Crippen molar-refractivity contribution < 1.29 is 0 Å². The molecule has 0 radical (unpaired) electrons. The highest BCUT2D eigenvalue weighted by atomic mass is 15.3. The van der Waals surface area contributed by atoms with Crippen molar-refractivity contribution in [2.75, 3.05) is 14.1 Å². The second-order valence-corrected chi connectivity index (χ2v) is 6.48. The Labute approximate surface area is 120 Å². The molecule has 3 nitrogen and oxygen atoms in total. The summed E-state index contributed by atoms with van der Waals surface area (Å²) in [5, 5.41) is 0. The zero-order chi connectivity index (χ0) is 14.1. The third-order valence-corrected chi connectivity index (χ3v) is 5.06. The summed E-state index contributed by atoms with van der Waals surface area (Å²) in [6.45, 7) is 2.27.